The Morgan fingerprint density at radius 3 is 2.05 bits per heavy atom. The molecule has 0 aromatic heterocycles. The number of likely N-dealkylation sites (tertiary alicyclic amines) is 1. The van der Waals surface area contributed by atoms with Crippen LogP contribution in [0.2, 0.25) is 0 Å². The zero-order valence-electron chi connectivity index (χ0n) is 22.8. The number of hydrogen-bond acceptors (Lipinski definition) is 8. The first-order valence-electron chi connectivity index (χ1n) is 14.4. The third kappa shape index (κ3) is 13.8. The summed E-state index contributed by atoms with van der Waals surface area (Å²) in [4.78, 5) is 37.6. The van der Waals surface area contributed by atoms with Crippen molar-refractivity contribution in [3.8, 4) is 0 Å². The van der Waals surface area contributed by atoms with E-state index in [2.05, 4.69) is 10.6 Å². The largest absolute Gasteiger partial charge is 0.394 e. The van der Waals surface area contributed by atoms with Gasteiger partial charge in [0.25, 0.3) is 0 Å². The van der Waals surface area contributed by atoms with Crippen LogP contribution < -0.4 is 10.6 Å². The number of carbonyl (C=O) groups excluding carboxylic acids is 3. The normalized spacial score (nSPS) is 23.4. The molecule has 2 heterocycles. The Bertz CT molecular complexity index is 695. The molecule has 38 heavy (non-hydrogen) atoms. The SMILES string of the molecule is O=C(CCCCCNC(=O)CCCCOC1CCC(O)C(CO)O1)NCCCCCC(=O)N1CCC(O)C1. The van der Waals surface area contributed by atoms with E-state index in [0.717, 1.165) is 44.9 Å². The molecule has 3 amide bonds. The van der Waals surface area contributed by atoms with Crippen molar-refractivity contribution in [3.63, 3.8) is 0 Å². The minimum Gasteiger partial charge on any atom is -0.394 e. The highest BCUT2D eigenvalue weighted by atomic mass is 16.7. The summed E-state index contributed by atoms with van der Waals surface area (Å²) in [6.07, 6.45) is 7.66. The highest BCUT2D eigenvalue weighted by molar-refractivity contribution is 5.76. The lowest BCUT2D eigenvalue weighted by atomic mass is 10.1. The maximum atomic E-state index is 12.0. The fourth-order valence-corrected chi connectivity index (χ4v) is 4.66. The molecule has 2 saturated heterocycles. The van der Waals surface area contributed by atoms with Gasteiger partial charge in [0, 0.05) is 58.5 Å². The molecular formula is C27H49N3O8. The van der Waals surface area contributed by atoms with Crippen LogP contribution in [0.1, 0.15) is 89.9 Å². The first-order chi connectivity index (χ1) is 18.4. The lowest BCUT2D eigenvalue weighted by Gasteiger charge is -2.32. The van der Waals surface area contributed by atoms with Crippen LogP contribution in [0.25, 0.3) is 0 Å². The van der Waals surface area contributed by atoms with Crippen molar-refractivity contribution in [1.82, 2.24) is 15.5 Å². The third-order valence-electron chi connectivity index (χ3n) is 7.04. The average molecular weight is 544 g/mol. The molecule has 0 aromatic carbocycles. The van der Waals surface area contributed by atoms with Crippen molar-refractivity contribution < 1.29 is 39.2 Å². The van der Waals surface area contributed by atoms with Gasteiger partial charge in [-0.15, -0.1) is 0 Å². The zero-order chi connectivity index (χ0) is 27.6. The van der Waals surface area contributed by atoms with Crippen molar-refractivity contribution in [2.45, 2.75) is 114 Å². The number of aliphatic hydroxyl groups is 3. The van der Waals surface area contributed by atoms with E-state index in [4.69, 9.17) is 9.47 Å². The smallest absolute Gasteiger partial charge is 0.222 e. The van der Waals surface area contributed by atoms with E-state index < -0.39 is 18.5 Å². The molecule has 2 rings (SSSR count). The number of rotatable bonds is 19. The fourth-order valence-electron chi connectivity index (χ4n) is 4.66. The summed E-state index contributed by atoms with van der Waals surface area (Å²) in [5.41, 5.74) is 0. The average Bonchev–Trinajstić information content (AvgIpc) is 3.35. The molecule has 0 radical (unpaired) electrons. The number of nitrogens with zero attached hydrogens (tertiary/aromatic N) is 1. The van der Waals surface area contributed by atoms with Crippen molar-refractivity contribution in [2.75, 3.05) is 39.4 Å². The van der Waals surface area contributed by atoms with Crippen LogP contribution in [0.4, 0.5) is 0 Å². The lowest BCUT2D eigenvalue weighted by Crippen LogP contribution is -2.42. The lowest BCUT2D eigenvalue weighted by molar-refractivity contribution is -0.229. The summed E-state index contributed by atoms with van der Waals surface area (Å²) in [5, 5.41) is 34.2. The Morgan fingerprint density at radius 2 is 1.45 bits per heavy atom. The molecule has 4 atom stereocenters. The summed E-state index contributed by atoms with van der Waals surface area (Å²) < 4.78 is 11.1. The van der Waals surface area contributed by atoms with Crippen LogP contribution >= 0.6 is 0 Å². The zero-order valence-corrected chi connectivity index (χ0v) is 22.8. The minimum atomic E-state index is -0.650. The molecule has 0 aromatic rings. The van der Waals surface area contributed by atoms with Crippen LogP contribution in [-0.2, 0) is 23.9 Å². The summed E-state index contributed by atoms with van der Waals surface area (Å²) >= 11 is 0. The molecule has 11 heteroatoms. The van der Waals surface area contributed by atoms with Gasteiger partial charge in [0.15, 0.2) is 6.29 Å². The van der Waals surface area contributed by atoms with Gasteiger partial charge < -0.3 is 40.3 Å². The van der Waals surface area contributed by atoms with E-state index in [-0.39, 0.29) is 30.4 Å². The van der Waals surface area contributed by atoms with E-state index in [9.17, 15) is 29.7 Å². The van der Waals surface area contributed by atoms with Crippen LogP contribution in [0, 0.1) is 0 Å². The van der Waals surface area contributed by atoms with Gasteiger partial charge in [-0.1, -0.05) is 12.8 Å². The summed E-state index contributed by atoms with van der Waals surface area (Å²) in [5.74, 6) is 0.165. The molecule has 11 nitrogen and oxygen atoms in total. The number of carbonyl (C=O) groups is 3. The van der Waals surface area contributed by atoms with Gasteiger partial charge in [-0.05, 0) is 51.4 Å². The fraction of sp³-hybridized carbons (Fsp3) is 0.889. The number of ether oxygens (including phenoxy) is 2. The molecule has 0 saturated carbocycles. The van der Waals surface area contributed by atoms with Gasteiger partial charge >= 0.3 is 0 Å². The molecule has 5 N–H and O–H groups in total. The van der Waals surface area contributed by atoms with E-state index >= 15 is 0 Å². The summed E-state index contributed by atoms with van der Waals surface area (Å²) in [7, 11) is 0. The molecule has 2 aliphatic heterocycles. The van der Waals surface area contributed by atoms with Crippen molar-refractivity contribution in [2.24, 2.45) is 0 Å². The number of nitrogens with one attached hydrogen (secondary N) is 2. The van der Waals surface area contributed by atoms with Gasteiger partial charge in [0.2, 0.25) is 17.7 Å². The summed E-state index contributed by atoms with van der Waals surface area (Å²) in [6.45, 7) is 2.57. The molecule has 2 aliphatic rings. The second-order valence-corrected chi connectivity index (χ2v) is 10.4. The summed E-state index contributed by atoms with van der Waals surface area (Å²) in [6, 6.07) is 0. The van der Waals surface area contributed by atoms with Crippen molar-refractivity contribution >= 4 is 17.7 Å². The molecule has 4 unspecified atom stereocenters. The van der Waals surface area contributed by atoms with Crippen molar-refractivity contribution in [3.05, 3.63) is 0 Å². The van der Waals surface area contributed by atoms with E-state index in [1.807, 2.05) is 0 Å². The predicted octanol–water partition coefficient (Wildman–Crippen LogP) is 0.978. The van der Waals surface area contributed by atoms with E-state index in [0.29, 0.717) is 77.7 Å². The van der Waals surface area contributed by atoms with Crippen LogP contribution in [-0.4, -0.2) is 102 Å². The Morgan fingerprint density at radius 1 is 0.816 bits per heavy atom. The number of unbranched alkanes of at least 4 members (excludes halogenated alkanes) is 5. The number of amides is 3. The van der Waals surface area contributed by atoms with E-state index in [1.165, 1.54) is 0 Å². The maximum Gasteiger partial charge on any atom is 0.222 e. The maximum absolute atomic E-state index is 12.0. The quantitative estimate of drug-likeness (QED) is 0.151. The molecule has 0 aliphatic carbocycles. The van der Waals surface area contributed by atoms with Gasteiger partial charge in [-0.25, -0.2) is 0 Å². The van der Waals surface area contributed by atoms with Gasteiger partial charge in [-0.3, -0.25) is 14.4 Å². The highest BCUT2D eigenvalue weighted by Gasteiger charge is 2.29. The third-order valence-corrected chi connectivity index (χ3v) is 7.04. The molecule has 2 fully saturated rings. The minimum absolute atomic E-state index is 0.0137. The van der Waals surface area contributed by atoms with Crippen molar-refractivity contribution in [1.29, 1.82) is 0 Å². The van der Waals surface area contributed by atoms with Crippen LogP contribution in [0.3, 0.4) is 0 Å². The second kappa shape index (κ2) is 19.3. The standard InChI is InChI=1S/C27H49N3O8/c31-20-23-22(33)12-13-27(38-23)37-18-8-5-10-25(35)29-15-6-1-3-9-24(34)28-16-7-2-4-11-26(36)30-17-14-21(32)19-30/h21-23,27,31-33H,1-20H2,(H,28,34)(H,29,35). The molecule has 220 valence electrons. The Balaban J connectivity index is 1.32. The van der Waals surface area contributed by atoms with Gasteiger partial charge in [-0.2, -0.15) is 0 Å². The van der Waals surface area contributed by atoms with Gasteiger partial charge in [0.1, 0.15) is 6.10 Å². The Kier molecular flexibility index (Phi) is 16.5. The Hall–Kier alpha value is -1.79. The second-order valence-electron chi connectivity index (χ2n) is 10.4. The number of hydrogen-bond donors (Lipinski definition) is 5. The number of β-amino-alcohol motifs (C(OH)–C–C–N with tert-alkyl or cyclic N) is 1. The molecular weight excluding hydrogens is 494 g/mol. The molecule has 0 spiro atoms. The van der Waals surface area contributed by atoms with Crippen LogP contribution in [0.5, 0.6) is 0 Å². The Labute approximate surface area is 226 Å². The highest BCUT2D eigenvalue weighted by Crippen LogP contribution is 2.20. The topological polar surface area (TPSA) is 158 Å². The van der Waals surface area contributed by atoms with Crippen LogP contribution in [0.15, 0.2) is 0 Å². The predicted molar refractivity (Wildman–Crippen MR) is 141 cm³/mol. The number of aliphatic hydroxyl groups excluding tert-OH is 3. The first kappa shape index (κ1) is 32.4. The molecule has 0 bridgehead atoms. The van der Waals surface area contributed by atoms with Gasteiger partial charge in [0.05, 0.1) is 18.8 Å². The van der Waals surface area contributed by atoms with E-state index in [1.54, 1.807) is 4.90 Å². The monoisotopic (exact) mass is 543 g/mol. The first-order valence-corrected chi connectivity index (χ1v) is 14.4.